The largest absolute Gasteiger partial charge is 0.383 e. The highest BCUT2D eigenvalue weighted by atomic mass is 15.4. The summed E-state index contributed by atoms with van der Waals surface area (Å²) >= 11 is 0. The van der Waals surface area contributed by atoms with E-state index in [4.69, 9.17) is 0 Å². The van der Waals surface area contributed by atoms with E-state index in [0.29, 0.717) is 11.9 Å². The summed E-state index contributed by atoms with van der Waals surface area (Å²) in [4.78, 5) is 8.83. The monoisotopic (exact) mass is 349 g/mol. The van der Waals surface area contributed by atoms with E-state index >= 15 is 0 Å². The molecular formula is C19H23N7. The molecular weight excluding hydrogens is 326 g/mol. The molecule has 1 aromatic carbocycles. The molecule has 0 spiro atoms. The fraction of sp³-hybridized carbons (Fsp3) is 0.316. The number of rotatable bonds is 6. The Hall–Kier alpha value is -2.93. The molecule has 7 heteroatoms. The van der Waals surface area contributed by atoms with Crippen molar-refractivity contribution < 1.29 is 0 Å². The first kappa shape index (κ1) is 16.5. The first-order chi connectivity index (χ1) is 12.8. The number of aryl methyl sites for hydroxylation is 1. The summed E-state index contributed by atoms with van der Waals surface area (Å²) < 4.78 is 1.75. The molecule has 0 bridgehead atoms. The molecule has 0 aliphatic carbocycles. The number of para-hydroxylation sites is 1. The first-order valence-electron chi connectivity index (χ1n) is 8.93. The summed E-state index contributed by atoms with van der Waals surface area (Å²) in [5.74, 6) is 1.23. The van der Waals surface area contributed by atoms with Crippen LogP contribution in [0, 0.1) is 12.8 Å². The summed E-state index contributed by atoms with van der Waals surface area (Å²) in [5, 5.41) is 14.6. The van der Waals surface area contributed by atoms with Crippen molar-refractivity contribution in [3.05, 3.63) is 54.6 Å². The molecule has 0 radical (unpaired) electrons. The SMILES string of the molecule is Cc1ncc(NCC2CCNC2)cc1Nc1ncn(-c2ccccc2)n1. The lowest BCUT2D eigenvalue weighted by molar-refractivity contribution is 0.615. The number of nitrogens with zero attached hydrogens (tertiary/aromatic N) is 4. The zero-order valence-corrected chi connectivity index (χ0v) is 14.8. The average Bonchev–Trinajstić information content (AvgIpc) is 3.35. The van der Waals surface area contributed by atoms with Crippen LogP contribution in [-0.4, -0.2) is 39.4 Å². The lowest BCUT2D eigenvalue weighted by Gasteiger charge is -2.13. The minimum Gasteiger partial charge on any atom is -0.383 e. The Morgan fingerprint density at radius 1 is 1.23 bits per heavy atom. The second-order valence-electron chi connectivity index (χ2n) is 6.57. The first-order valence-corrected chi connectivity index (χ1v) is 8.93. The van der Waals surface area contributed by atoms with Crippen molar-refractivity contribution >= 4 is 17.3 Å². The minimum absolute atomic E-state index is 0.552. The molecule has 26 heavy (non-hydrogen) atoms. The van der Waals surface area contributed by atoms with Crippen LogP contribution in [0.4, 0.5) is 17.3 Å². The van der Waals surface area contributed by atoms with Gasteiger partial charge >= 0.3 is 0 Å². The molecule has 1 fully saturated rings. The van der Waals surface area contributed by atoms with Gasteiger partial charge in [-0.15, -0.1) is 5.10 Å². The molecule has 2 aromatic heterocycles. The van der Waals surface area contributed by atoms with Gasteiger partial charge < -0.3 is 16.0 Å². The lowest BCUT2D eigenvalue weighted by atomic mass is 10.1. The van der Waals surface area contributed by atoms with Crippen LogP contribution in [0.5, 0.6) is 0 Å². The van der Waals surface area contributed by atoms with Crippen LogP contribution in [0.25, 0.3) is 5.69 Å². The van der Waals surface area contributed by atoms with Crippen LogP contribution in [0.1, 0.15) is 12.1 Å². The molecule has 0 amide bonds. The van der Waals surface area contributed by atoms with Crippen LogP contribution in [0.2, 0.25) is 0 Å². The van der Waals surface area contributed by atoms with Gasteiger partial charge in [-0.05, 0) is 50.6 Å². The number of anilines is 3. The van der Waals surface area contributed by atoms with E-state index < -0.39 is 0 Å². The van der Waals surface area contributed by atoms with Gasteiger partial charge in [-0.1, -0.05) is 18.2 Å². The standard InChI is InChI=1S/C19H23N7/c1-14-18(9-16(12-21-14)22-11-15-7-8-20-10-15)24-19-23-13-26(25-19)17-5-3-2-4-6-17/h2-6,9,12-13,15,20,22H,7-8,10-11H2,1H3,(H,24,25). The Balaban J connectivity index is 1.45. The quantitative estimate of drug-likeness (QED) is 0.635. The van der Waals surface area contributed by atoms with E-state index in [1.165, 1.54) is 6.42 Å². The van der Waals surface area contributed by atoms with Crippen molar-refractivity contribution in [3.8, 4) is 5.69 Å². The van der Waals surface area contributed by atoms with E-state index in [1.807, 2.05) is 43.5 Å². The van der Waals surface area contributed by atoms with Crippen molar-refractivity contribution in [2.24, 2.45) is 5.92 Å². The Labute approximate surface area is 152 Å². The van der Waals surface area contributed by atoms with Crippen LogP contribution in [-0.2, 0) is 0 Å². The van der Waals surface area contributed by atoms with E-state index in [-0.39, 0.29) is 0 Å². The van der Waals surface area contributed by atoms with Gasteiger partial charge in [-0.3, -0.25) is 4.98 Å². The summed E-state index contributed by atoms with van der Waals surface area (Å²) in [5.41, 5.74) is 3.80. The molecule has 1 unspecified atom stereocenters. The topological polar surface area (TPSA) is 79.7 Å². The van der Waals surface area contributed by atoms with E-state index in [0.717, 1.165) is 42.4 Å². The average molecular weight is 349 g/mol. The van der Waals surface area contributed by atoms with E-state index in [2.05, 4.69) is 37.1 Å². The van der Waals surface area contributed by atoms with Gasteiger partial charge in [-0.2, -0.15) is 4.98 Å². The van der Waals surface area contributed by atoms with Gasteiger partial charge in [0.1, 0.15) is 6.33 Å². The second-order valence-corrected chi connectivity index (χ2v) is 6.57. The molecule has 3 heterocycles. The van der Waals surface area contributed by atoms with Gasteiger partial charge in [0.2, 0.25) is 5.95 Å². The highest BCUT2D eigenvalue weighted by molar-refractivity contribution is 5.62. The molecule has 3 N–H and O–H groups in total. The predicted molar refractivity (Wildman–Crippen MR) is 103 cm³/mol. The highest BCUT2D eigenvalue weighted by Crippen LogP contribution is 2.21. The van der Waals surface area contributed by atoms with Crippen molar-refractivity contribution in [3.63, 3.8) is 0 Å². The van der Waals surface area contributed by atoms with Crippen molar-refractivity contribution in [1.29, 1.82) is 0 Å². The maximum Gasteiger partial charge on any atom is 0.247 e. The van der Waals surface area contributed by atoms with E-state index in [9.17, 15) is 0 Å². The third-order valence-electron chi connectivity index (χ3n) is 4.60. The number of hydrogen-bond donors (Lipinski definition) is 3. The van der Waals surface area contributed by atoms with Crippen molar-refractivity contribution in [1.82, 2.24) is 25.1 Å². The Morgan fingerprint density at radius 3 is 2.92 bits per heavy atom. The summed E-state index contributed by atoms with van der Waals surface area (Å²) in [6, 6.07) is 12.0. The molecule has 134 valence electrons. The van der Waals surface area contributed by atoms with E-state index in [1.54, 1.807) is 11.0 Å². The maximum absolute atomic E-state index is 4.49. The molecule has 4 rings (SSSR count). The Kier molecular flexibility index (Phi) is 4.79. The zero-order chi connectivity index (χ0) is 17.8. The maximum atomic E-state index is 4.49. The predicted octanol–water partition coefficient (Wildman–Crippen LogP) is 2.74. The third kappa shape index (κ3) is 3.83. The van der Waals surface area contributed by atoms with Gasteiger partial charge in [0.15, 0.2) is 0 Å². The van der Waals surface area contributed by atoms with Crippen molar-refractivity contribution in [2.45, 2.75) is 13.3 Å². The summed E-state index contributed by atoms with van der Waals surface area (Å²) in [6.45, 7) is 5.12. The molecule has 1 atom stereocenters. The fourth-order valence-electron chi connectivity index (χ4n) is 3.05. The number of hydrogen-bond acceptors (Lipinski definition) is 6. The minimum atomic E-state index is 0.552. The lowest BCUT2D eigenvalue weighted by Crippen LogP contribution is -2.17. The number of aromatic nitrogens is 4. The fourth-order valence-corrected chi connectivity index (χ4v) is 3.05. The van der Waals surface area contributed by atoms with Gasteiger partial charge in [0, 0.05) is 6.54 Å². The number of pyridine rings is 1. The molecule has 1 aliphatic rings. The Bertz CT molecular complexity index is 853. The van der Waals surface area contributed by atoms with Crippen molar-refractivity contribution in [2.75, 3.05) is 30.3 Å². The van der Waals surface area contributed by atoms with Crippen LogP contribution in [0.15, 0.2) is 48.9 Å². The second kappa shape index (κ2) is 7.53. The highest BCUT2D eigenvalue weighted by Gasteiger charge is 2.14. The summed E-state index contributed by atoms with van der Waals surface area (Å²) in [7, 11) is 0. The number of nitrogens with one attached hydrogen (secondary N) is 3. The molecule has 1 aliphatic heterocycles. The van der Waals surface area contributed by atoms with Gasteiger partial charge in [0.05, 0.1) is 29.0 Å². The van der Waals surface area contributed by atoms with Gasteiger partial charge in [0.25, 0.3) is 0 Å². The molecule has 7 nitrogen and oxygen atoms in total. The summed E-state index contributed by atoms with van der Waals surface area (Å²) in [6.07, 6.45) is 4.80. The Morgan fingerprint density at radius 2 is 2.12 bits per heavy atom. The van der Waals surface area contributed by atoms with Gasteiger partial charge in [-0.25, -0.2) is 4.68 Å². The number of benzene rings is 1. The molecule has 1 saturated heterocycles. The molecule has 0 saturated carbocycles. The zero-order valence-electron chi connectivity index (χ0n) is 14.8. The third-order valence-corrected chi connectivity index (χ3v) is 4.60. The smallest absolute Gasteiger partial charge is 0.247 e. The molecule has 3 aromatic rings. The van der Waals surface area contributed by atoms with Crippen LogP contribution in [0.3, 0.4) is 0 Å². The van der Waals surface area contributed by atoms with Crippen LogP contribution >= 0.6 is 0 Å². The normalized spacial score (nSPS) is 16.6. The van der Waals surface area contributed by atoms with Crippen LogP contribution < -0.4 is 16.0 Å².